The van der Waals surface area contributed by atoms with E-state index in [1.807, 2.05) is 6.92 Å². The largest absolute Gasteiger partial charge is 0.374 e. The van der Waals surface area contributed by atoms with Crippen LogP contribution < -0.4 is 0 Å². The van der Waals surface area contributed by atoms with Gasteiger partial charge in [0.05, 0.1) is 0 Å². The van der Waals surface area contributed by atoms with Crippen LogP contribution in [0.15, 0.2) is 0 Å². The maximum atomic E-state index is 5.41. The highest BCUT2D eigenvalue weighted by Crippen LogP contribution is 2.08. The zero-order valence-electron chi connectivity index (χ0n) is 9.59. The summed E-state index contributed by atoms with van der Waals surface area (Å²) < 4.78 is 6.11. The molecule has 4 heteroatoms. The Hall–Kier alpha value is -0.740. The molecular formula is C11H18N2OS. The molecule has 0 aliphatic heterocycles. The summed E-state index contributed by atoms with van der Waals surface area (Å²) >= 11 is 5.22. The Labute approximate surface area is 95.9 Å². The fourth-order valence-electron chi connectivity index (χ4n) is 1.47. The number of aryl methyl sites for hydroxylation is 1. The minimum Gasteiger partial charge on any atom is -0.374 e. The molecule has 84 valence electrons. The first-order chi connectivity index (χ1) is 7.19. The molecule has 0 fully saturated rings. The van der Waals surface area contributed by atoms with Crippen LogP contribution in [-0.2, 0) is 17.8 Å². The lowest BCUT2D eigenvalue weighted by atomic mass is 10.2. The average molecular weight is 226 g/mol. The monoisotopic (exact) mass is 226 g/mol. The number of aromatic amines is 1. The summed E-state index contributed by atoms with van der Waals surface area (Å²) in [6.07, 6.45) is 1.94. The van der Waals surface area contributed by atoms with Crippen molar-refractivity contribution in [2.24, 2.45) is 0 Å². The van der Waals surface area contributed by atoms with Crippen molar-refractivity contribution in [1.29, 1.82) is 0 Å². The molecule has 0 saturated carbocycles. The summed E-state index contributed by atoms with van der Waals surface area (Å²) in [6, 6.07) is 0. The minimum absolute atomic E-state index is 0.516. The predicted molar refractivity (Wildman–Crippen MR) is 63.5 cm³/mol. The second-order valence-electron chi connectivity index (χ2n) is 3.50. The van der Waals surface area contributed by atoms with Gasteiger partial charge in [-0.1, -0.05) is 26.1 Å². The van der Waals surface area contributed by atoms with E-state index in [2.05, 4.69) is 23.8 Å². The van der Waals surface area contributed by atoms with Gasteiger partial charge in [0.1, 0.15) is 17.1 Å². The van der Waals surface area contributed by atoms with Gasteiger partial charge in [-0.2, -0.15) is 0 Å². The quantitative estimate of drug-likeness (QED) is 0.619. The van der Waals surface area contributed by atoms with Crippen molar-refractivity contribution in [2.75, 3.05) is 6.61 Å². The third-order valence-electron chi connectivity index (χ3n) is 2.22. The molecule has 1 aromatic rings. The number of nitrogens with one attached hydrogen (secondary N) is 1. The van der Waals surface area contributed by atoms with Crippen molar-refractivity contribution >= 4 is 12.2 Å². The third-order valence-corrected chi connectivity index (χ3v) is 2.56. The lowest BCUT2D eigenvalue weighted by Gasteiger charge is -2.07. The molecule has 0 radical (unpaired) electrons. The maximum absolute atomic E-state index is 5.41. The van der Waals surface area contributed by atoms with E-state index in [1.54, 1.807) is 0 Å². The molecule has 1 rings (SSSR count). The average Bonchev–Trinajstić information content (AvgIpc) is 2.18. The zero-order valence-corrected chi connectivity index (χ0v) is 10.4. The Kier molecular flexibility index (Phi) is 4.91. The van der Waals surface area contributed by atoms with E-state index in [1.165, 1.54) is 0 Å². The summed E-state index contributed by atoms with van der Waals surface area (Å²) in [6.45, 7) is 7.47. The Morgan fingerprint density at radius 1 is 1.40 bits per heavy atom. The van der Waals surface area contributed by atoms with Crippen molar-refractivity contribution in [3.63, 3.8) is 0 Å². The predicted octanol–water partition coefficient (Wildman–Crippen LogP) is 2.94. The van der Waals surface area contributed by atoms with Crippen LogP contribution in [0, 0.1) is 11.6 Å². The molecule has 1 aromatic heterocycles. The van der Waals surface area contributed by atoms with E-state index in [0.29, 0.717) is 11.2 Å². The van der Waals surface area contributed by atoms with Gasteiger partial charge >= 0.3 is 0 Å². The molecule has 0 bridgehead atoms. The number of H-pyrrole nitrogens is 1. The molecule has 1 heterocycles. The molecular weight excluding hydrogens is 208 g/mol. The van der Waals surface area contributed by atoms with E-state index < -0.39 is 0 Å². The topological polar surface area (TPSA) is 37.9 Å². The van der Waals surface area contributed by atoms with Gasteiger partial charge in [0.25, 0.3) is 0 Å². The highest BCUT2D eigenvalue weighted by Gasteiger charge is 2.03. The first kappa shape index (κ1) is 12.3. The standard InChI is InChI=1S/C11H18N2OS/c1-4-6-14-7-10-12-8(3)9(5-2)11(15)13-10/h4-7H2,1-3H3,(H,12,13,15). The fourth-order valence-corrected chi connectivity index (χ4v) is 1.88. The maximum Gasteiger partial charge on any atom is 0.134 e. The molecule has 0 spiro atoms. The van der Waals surface area contributed by atoms with Crippen LogP contribution in [0.25, 0.3) is 0 Å². The number of hydrogen-bond acceptors (Lipinski definition) is 3. The summed E-state index contributed by atoms with van der Waals surface area (Å²) in [7, 11) is 0. The van der Waals surface area contributed by atoms with Gasteiger partial charge in [-0.25, -0.2) is 4.98 Å². The van der Waals surface area contributed by atoms with Crippen LogP contribution in [0.3, 0.4) is 0 Å². The van der Waals surface area contributed by atoms with Crippen LogP contribution in [0.1, 0.15) is 37.4 Å². The molecule has 0 amide bonds. The highest BCUT2D eigenvalue weighted by atomic mass is 32.1. The van der Waals surface area contributed by atoms with E-state index in [9.17, 15) is 0 Å². The first-order valence-electron chi connectivity index (χ1n) is 5.35. The number of hydrogen-bond donors (Lipinski definition) is 1. The first-order valence-corrected chi connectivity index (χ1v) is 5.76. The Morgan fingerprint density at radius 3 is 2.67 bits per heavy atom. The van der Waals surface area contributed by atoms with Gasteiger partial charge < -0.3 is 9.72 Å². The van der Waals surface area contributed by atoms with E-state index in [0.717, 1.165) is 36.5 Å². The molecule has 15 heavy (non-hydrogen) atoms. The minimum atomic E-state index is 0.516. The van der Waals surface area contributed by atoms with E-state index >= 15 is 0 Å². The van der Waals surface area contributed by atoms with Crippen molar-refractivity contribution < 1.29 is 4.74 Å². The van der Waals surface area contributed by atoms with Crippen LogP contribution in [0.4, 0.5) is 0 Å². The van der Waals surface area contributed by atoms with Crippen molar-refractivity contribution in [3.05, 3.63) is 21.7 Å². The van der Waals surface area contributed by atoms with Gasteiger partial charge in [0, 0.05) is 17.9 Å². The molecule has 0 aliphatic carbocycles. The lowest BCUT2D eigenvalue weighted by molar-refractivity contribution is 0.116. The molecule has 0 unspecified atom stereocenters. The number of aromatic nitrogens is 2. The van der Waals surface area contributed by atoms with Crippen molar-refractivity contribution in [2.45, 2.75) is 40.2 Å². The van der Waals surface area contributed by atoms with E-state index in [4.69, 9.17) is 17.0 Å². The molecule has 1 N–H and O–H groups in total. The Morgan fingerprint density at radius 2 is 2.13 bits per heavy atom. The number of rotatable bonds is 5. The summed E-state index contributed by atoms with van der Waals surface area (Å²) in [5.74, 6) is 0.822. The molecule has 3 nitrogen and oxygen atoms in total. The molecule has 0 aromatic carbocycles. The van der Waals surface area contributed by atoms with Crippen molar-refractivity contribution in [3.8, 4) is 0 Å². The Balaban J connectivity index is 2.80. The second kappa shape index (κ2) is 5.98. The second-order valence-corrected chi connectivity index (χ2v) is 3.89. The third kappa shape index (κ3) is 3.39. The van der Waals surface area contributed by atoms with E-state index in [-0.39, 0.29) is 0 Å². The normalized spacial score (nSPS) is 10.6. The summed E-state index contributed by atoms with van der Waals surface area (Å²) in [5.41, 5.74) is 2.23. The lowest BCUT2D eigenvalue weighted by Crippen LogP contribution is -2.04. The molecule has 0 atom stereocenters. The zero-order chi connectivity index (χ0) is 11.3. The van der Waals surface area contributed by atoms with Gasteiger partial charge in [-0.15, -0.1) is 0 Å². The van der Waals surface area contributed by atoms with Gasteiger partial charge in [0.15, 0.2) is 0 Å². The van der Waals surface area contributed by atoms with Crippen LogP contribution in [-0.4, -0.2) is 16.6 Å². The summed E-state index contributed by atoms with van der Waals surface area (Å²) in [4.78, 5) is 7.53. The van der Waals surface area contributed by atoms with Gasteiger partial charge in [-0.3, -0.25) is 0 Å². The van der Waals surface area contributed by atoms with Crippen LogP contribution in [0.2, 0.25) is 0 Å². The van der Waals surface area contributed by atoms with Crippen LogP contribution >= 0.6 is 12.2 Å². The summed E-state index contributed by atoms with van der Waals surface area (Å²) in [5, 5.41) is 0. The van der Waals surface area contributed by atoms with Crippen molar-refractivity contribution in [1.82, 2.24) is 9.97 Å². The van der Waals surface area contributed by atoms with Gasteiger partial charge in [0.2, 0.25) is 0 Å². The number of nitrogens with zero attached hydrogens (tertiary/aromatic N) is 1. The smallest absolute Gasteiger partial charge is 0.134 e. The van der Waals surface area contributed by atoms with Crippen LogP contribution in [0.5, 0.6) is 0 Å². The van der Waals surface area contributed by atoms with Gasteiger partial charge in [-0.05, 0) is 19.8 Å². The molecule has 0 saturated heterocycles. The fraction of sp³-hybridized carbons (Fsp3) is 0.636. The SMILES string of the molecule is CCCOCc1nc(=S)c(CC)c(C)[nH]1. The number of ether oxygens (including phenoxy) is 1. The molecule has 0 aliphatic rings. The highest BCUT2D eigenvalue weighted by molar-refractivity contribution is 7.71. The Bertz CT molecular complexity index is 373.